The van der Waals surface area contributed by atoms with Gasteiger partial charge in [0, 0.05) is 30.1 Å². The van der Waals surface area contributed by atoms with E-state index in [4.69, 9.17) is 14.5 Å². The van der Waals surface area contributed by atoms with Crippen LogP contribution in [0.15, 0.2) is 28.4 Å². The number of aliphatic hydroxyl groups is 1. The van der Waals surface area contributed by atoms with E-state index < -0.39 is 0 Å². The van der Waals surface area contributed by atoms with Crippen LogP contribution < -0.4 is 0 Å². The summed E-state index contributed by atoms with van der Waals surface area (Å²) in [5.74, 6) is 0. The number of thiazole rings is 1. The van der Waals surface area contributed by atoms with Gasteiger partial charge >= 0.3 is 0 Å². The fourth-order valence-electron chi connectivity index (χ4n) is 2.36. The predicted octanol–water partition coefficient (Wildman–Crippen LogP) is 3.14. The van der Waals surface area contributed by atoms with Gasteiger partial charge in [0.05, 0.1) is 12.0 Å². The maximum Gasteiger partial charge on any atom is 0.126 e. The van der Waals surface area contributed by atoms with Crippen LogP contribution in [0.1, 0.15) is 31.4 Å². The zero-order chi connectivity index (χ0) is 13.8. The van der Waals surface area contributed by atoms with Crippen LogP contribution >= 0.6 is 11.3 Å². The van der Waals surface area contributed by atoms with Crippen LogP contribution in [0.2, 0.25) is 0 Å². The topological polar surface area (TPSA) is 49.5 Å². The molecule has 2 aromatic rings. The van der Waals surface area contributed by atoms with Crippen LogP contribution in [0.3, 0.4) is 0 Å². The van der Waals surface area contributed by atoms with E-state index in [0.29, 0.717) is 6.61 Å². The van der Waals surface area contributed by atoms with Gasteiger partial charge in [-0.15, -0.1) is 11.3 Å². The Morgan fingerprint density at radius 1 is 1.40 bits per heavy atom. The molecule has 1 saturated carbocycles. The van der Waals surface area contributed by atoms with E-state index in [-0.39, 0.29) is 0 Å². The summed E-state index contributed by atoms with van der Waals surface area (Å²) in [6.45, 7) is 2.27. The number of furan rings is 1. The number of hydrogen-bond donors (Lipinski definition) is 1. The van der Waals surface area contributed by atoms with E-state index in [2.05, 4.69) is 10.3 Å². The van der Waals surface area contributed by atoms with Crippen molar-refractivity contribution < 1.29 is 9.52 Å². The number of nitrogens with zero attached hydrogens (tertiary/aromatic N) is 2. The highest BCUT2D eigenvalue weighted by atomic mass is 32.1. The Morgan fingerprint density at radius 2 is 2.30 bits per heavy atom. The molecule has 0 spiro atoms. The standard InChI is InChI=1S/C15H20N2O2S/c18-7-2-1-6-17(14-3-4-14)9-13-11-20-15(16-13)12-5-8-19-10-12/h5,8,10-11,14,18H,1-4,6-7,9H2. The van der Waals surface area contributed by atoms with Crippen molar-refractivity contribution in [3.05, 3.63) is 29.7 Å². The van der Waals surface area contributed by atoms with Crippen LogP contribution in [-0.2, 0) is 6.54 Å². The van der Waals surface area contributed by atoms with Gasteiger partial charge in [0.2, 0.25) is 0 Å². The Kier molecular flexibility index (Phi) is 4.50. The lowest BCUT2D eigenvalue weighted by Crippen LogP contribution is -2.27. The minimum Gasteiger partial charge on any atom is -0.472 e. The molecular formula is C15H20N2O2S. The summed E-state index contributed by atoms with van der Waals surface area (Å²) in [6.07, 6.45) is 7.98. The smallest absolute Gasteiger partial charge is 0.126 e. The quantitative estimate of drug-likeness (QED) is 0.759. The van der Waals surface area contributed by atoms with Crippen LogP contribution in [0.25, 0.3) is 10.6 Å². The van der Waals surface area contributed by atoms with E-state index in [1.165, 1.54) is 12.8 Å². The highest BCUT2D eigenvalue weighted by Gasteiger charge is 2.28. The van der Waals surface area contributed by atoms with Gasteiger partial charge in [-0.1, -0.05) is 0 Å². The molecule has 2 heterocycles. The number of hydrogen-bond acceptors (Lipinski definition) is 5. The molecule has 108 valence electrons. The second kappa shape index (κ2) is 6.52. The minimum atomic E-state index is 0.292. The zero-order valence-corrected chi connectivity index (χ0v) is 12.3. The van der Waals surface area contributed by atoms with E-state index in [1.54, 1.807) is 23.9 Å². The Hall–Kier alpha value is -1.17. The highest BCUT2D eigenvalue weighted by Crippen LogP contribution is 2.30. The molecule has 3 rings (SSSR count). The van der Waals surface area contributed by atoms with Gasteiger partial charge in [-0.2, -0.15) is 0 Å². The van der Waals surface area contributed by atoms with Gasteiger partial charge in [0.1, 0.15) is 11.3 Å². The third-order valence-electron chi connectivity index (χ3n) is 3.60. The Morgan fingerprint density at radius 3 is 3.00 bits per heavy atom. The maximum atomic E-state index is 8.89. The number of aromatic nitrogens is 1. The van der Waals surface area contributed by atoms with Gasteiger partial charge in [-0.05, 0) is 38.3 Å². The van der Waals surface area contributed by atoms with Crippen LogP contribution in [0.5, 0.6) is 0 Å². The summed E-state index contributed by atoms with van der Waals surface area (Å²) < 4.78 is 5.11. The largest absolute Gasteiger partial charge is 0.472 e. The molecule has 0 aromatic carbocycles. The van der Waals surface area contributed by atoms with Crippen LogP contribution in [-0.4, -0.2) is 34.2 Å². The first-order valence-electron chi connectivity index (χ1n) is 7.18. The molecule has 0 unspecified atom stereocenters. The normalized spacial score (nSPS) is 15.1. The Balaban J connectivity index is 1.60. The molecule has 0 saturated heterocycles. The van der Waals surface area contributed by atoms with Crippen molar-refractivity contribution in [3.63, 3.8) is 0 Å². The second-order valence-corrected chi connectivity index (χ2v) is 6.15. The van der Waals surface area contributed by atoms with Crippen molar-refractivity contribution in [2.45, 2.75) is 38.3 Å². The summed E-state index contributed by atoms with van der Waals surface area (Å²) in [5, 5.41) is 12.1. The Labute approximate surface area is 123 Å². The van der Waals surface area contributed by atoms with Crippen molar-refractivity contribution >= 4 is 11.3 Å². The SMILES string of the molecule is OCCCCN(Cc1csc(-c2ccoc2)n1)C1CC1. The van der Waals surface area contributed by atoms with Gasteiger partial charge < -0.3 is 9.52 Å². The molecule has 0 amide bonds. The van der Waals surface area contributed by atoms with Gasteiger partial charge in [0.25, 0.3) is 0 Å². The average Bonchev–Trinajstić information content (AvgIpc) is 2.97. The third-order valence-corrected chi connectivity index (χ3v) is 4.54. The Bertz CT molecular complexity index is 520. The lowest BCUT2D eigenvalue weighted by molar-refractivity contribution is 0.227. The number of unbranched alkanes of at least 4 members (excludes halogenated alkanes) is 1. The van der Waals surface area contributed by atoms with Crippen LogP contribution in [0.4, 0.5) is 0 Å². The molecule has 1 aliphatic rings. The minimum absolute atomic E-state index is 0.292. The van der Waals surface area contributed by atoms with E-state index >= 15 is 0 Å². The highest BCUT2D eigenvalue weighted by molar-refractivity contribution is 7.13. The zero-order valence-electron chi connectivity index (χ0n) is 11.5. The van der Waals surface area contributed by atoms with Crippen molar-refractivity contribution in [2.24, 2.45) is 0 Å². The lowest BCUT2D eigenvalue weighted by atomic mass is 10.3. The second-order valence-electron chi connectivity index (χ2n) is 5.29. The molecule has 0 radical (unpaired) electrons. The van der Waals surface area contributed by atoms with Gasteiger partial charge in [-0.3, -0.25) is 4.90 Å². The molecule has 4 nitrogen and oxygen atoms in total. The van der Waals surface area contributed by atoms with Crippen LogP contribution in [0, 0.1) is 0 Å². The van der Waals surface area contributed by atoms with Crippen molar-refractivity contribution in [2.75, 3.05) is 13.2 Å². The lowest BCUT2D eigenvalue weighted by Gasteiger charge is -2.20. The first-order valence-corrected chi connectivity index (χ1v) is 8.06. The summed E-state index contributed by atoms with van der Waals surface area (Å²) in [7, 11) is 0. The predicted molar refractivity (Wildman–Crippen MR) is 79.6 cm³/mol. The van der Waals surface area contributed by atoms with E-state index in [0.717, 1.165) is 48.2 Å². The monoisotopic (exact) mass is 292 g/mol. The third kappa shape index (κ3) is 3.48. The average molecular weight is 292 g/mol. The molecule has 1 N–H and O–H groups in total. The maximum absolute atomic E-state index is 8.89. The molecular weight excluding hydrogens is 272 g/mol. The molecule has 2 aromatic heterocycles. The molecule has 1 aliphatic carbocycles. The molecule has 0 atom stereocenters. The summed E-state index contributed by atoms with van der Waals surface area (Å²) in [6, 6.07) is 2.68. The molecule has 1 fully saturated rings. The first kappa shape index (κ1) is 13.8. The van der Waals surface area contributed by atoms with E-state index in [9.17, 15) is 0 Å². The van der Waals surface area contributed by atoms with Gasteiger partial charge in [-0.25, -0.2) is 4.98 Å². The van der Waals surface area contributed by atoms with Crippen molar-refractivity contribution in [1.29, 1.82) is 0 Å². The van der Waals surface area contributed by atoms with E-state index in [1.807, 2.05) is 6.07 Å². The molecule has 0 aliphatic heterocycles. The molecule has 0 bridgehead atoms. The number of rotatable bonds is 8. The fourth-order valence-corrected chi connectivity index (χ4v) is 3.16. The van der Waals surface area contributed by atoms with Crippen molar-refractivity contribution in [3.8, 4) is 10.6 Å². The molecule has 5 heteroatoms. The van der Waals surface area contributed by atoms with Crippen molar-refractivity contribution in [1.82, 2.24) is 9.88 Å². The number of aliphatic hydroxyl groups excluding tert-OH is 1. The summed E-state index contributed by atoms with van der Waals surface area (Å²) >= 11 is 1.67. The summed E-state index contributed by atoms with van der Waals surface area (Å²) in [4.78, 5) is 7.20. The summed E-state index contributed by atoms with van der Waals surface area (Å²) in [5.41, 5.74) is 2.20. The fraction of sp³-hybridized carbons (Fsp3) is 0.533. The first-order chi connectivity index (χ1) is 9.86. The molecule has 20 heavy (non-hydrogen) atoms. The van der Waals surface area contributed by atoms with Gasteiger partial charge in [0.15, 0.2) is 0 Å².